The molecule has 1 aliphatic heterocycles. The van der Waals surface area contributed by atoms with E-state index in [1.54, 1.807) is 16.7 Å². The van der Waals surface area contributed by atoms with Gasteiger partial charge in [0.2, 0.25) is 11.8 Å². The van der Waals surface area contributed by atoms with Crippen molar-refractivity contribution >= 4 is 23.6 Å². The van der Waals surface area contributed by atoms with Crippen LogP contribution in [0.25, 0.3) is 0 Å². The summed E-state index contributed by atoms with van der Waals surface area (Å²) in [5, 5.41) is 2.98. The summed E-state index contributed by atoms with van der Waals surface area (Å²) in [7, 11) is 0. The SMILES string of the molecule is CSCCCN1C(=O)C(C)(C2CC2)NC(=O)C1(C)C. The van der Waals surface area contributed by atoms with Crippen molar-refractivity contribution in [1.29, 1.82) is 0 Å². The van der Waals surface area contributed by atoms with Crippen LogP contribution in [0.15, 0.2) is 0 Å². The lowest BCUT2D eigenvalue weighted by Gasteiger charge is -2.49. The molecule has 1 aliphatic carbocycles. The number of nitrogens with zero attached hydrogens (tertiary/aromatic N) is 1. The number of amides is 2. The standard InChI is InChI=1S/C14H24N2O2S/c1-13(2)11(17)15-14(3,10-6-7-10)12(18)16(13)8-5-9-19-4/h10H,5-9H2,1-4H3,(H,15,17). The van der Waals surface area contributed by atoms with E-state index >= 15 is 0 Å². The quantitative estimate of drug-likeness (QED) is 0.781. The molecule has 1 saturated carbocycles. The van der Waals surface area contributed by atoms with Crippen molar-refractivity contribution in [1.82, 2.24) is 10.2 Å². The van der Waals surface area contributed by atoms with Gasteiger partial charge in [-0.05, 0) is 58.0 Å². The molecular formula is C14H24N2O2S. The zero-order valence-electron chi connectivity index (χ0n) is 12.3. The van der Waals surface area contributed by atoms with Crippen LogP contribution in [0.1, 0.15) is 40.0 Å². The number of carbonyl (C=O) groups excluding carboxylic acids is 2. The zero-order chi connectivity index (χ0) is 14.3. The summed E-state index contributed by atoms with van der Waals surface area (Å²) in [4.78, 5) is 26.9. The lowest BCUT2D eigenvalue weighted by Crippen LogP contribution is -2.74. The predicted molar refractivity (Wildman–Crippen MR) is 78.1 cm³/mol. The number of carbonyl (C=O) groups is 2. The molecule has 4 nitrogen and oxygen atoms in total. The third kappa shape index (κ3) is 2.49. The molecule has 0 aromatic rings. The summed E-state index contributed by atoms with van der Waals surface area (Å²) >= 11 is 1.77. The van der Waals surface area contributed by atoms with Crippen LogP contribution in [0.3, 0.4) is 0 Å². The van der Waals surface area contributed by atoms with E-state index in [9.17, 15) is 9.59 Å². The van der Waals surface area contributed by atoms with Crippen molar-refractivity contribution in [3.63, 3.8) is 0 Å². The molecule has 1 atom stereocenters. The van der Waals surface area contributed by atoms with E-state index in [0.717, 1.165) is 25.0 Å². The number of piperazine rings is 1. The van der Waals surface area contributed by atoms with Crippen molar-refractivity contribution in [2.24, 2.45) is 5.92 Å². The number of hydrogen-bond donors (Lipinski definition) is 1. The van der Waals surface area contributed by atoms with Crippen LogP contribution in [-0.2, 0) is 9.59 Å². The third-order valence-electron chi connectivity index (χ3n) is 4.42. The second-order valence-corrected chi connectivity index (χ2v) is 7.28. The van der Waals surface area contributed by atoms with Gasteiger partial charge in [0.15, 0.2) is 0 Å². The smallest absolute Gasteiger partial charge is 0.249 e. The van der Waals surface area contributed by atoms with Gasteiger partial charge in [0, 0.05) is 6.54 Å². The van der Waals surface area contributed by atoms with Crippen LogP contribution in [0.2, 0.25) is 0 Å². The Labute approximate surface area is 119 Å². The first kappa shape index (κ1) is 14.7. The van der Waals surface area contributed by atoms with Crippen LogP contribution in [0.5, 0.6) is 0 Å². The monoisotopic (exact) mass is 284 g/mol. The normalized spacial score (nSPS) is 30.4. The highest BCUT2D eigenvalue weighted by atomic mass is 32.2. The Balaban J connectivity index is 2.19. The van der Waals surface area contributed by atoms with Crippen LogP contribution in [0, 0.1) is 5.92 Å². The van der Waals surface area contributed by atoms with E-state index in [1.807, 2.05) is 20.8 Å². The van der Waals surface area contributed by atoms with E-state index in [-0.39, 0.29) is 11.8 Å². The van der Waals surface area contributed by atoms with Gasteiger partial charge in [-0.2, -0.15) is 11.8 Å². The van der Waals surface area contributed by atoms with Gasteiger partial charge >= 0.3 is 0 Å². The highest BCUT2D eigenvalue weighted by Crippen LogP contribution is 2.43. The summed E-state index contributed by atoms with van der Waals surface area (Å²) < 4.78 is 0. The third-order valence-corrected chi connectivity index (χ3v) is 5.11. The minimum atomic E-state index is -0.732. The average molecular weight is 284 g/mol. The summed E-state index contributed by atoms with van der Waals surface area (Å²) in [6, 6.07) is 0. The maximum absolute atomic E-state index is 12.8. The number of hydrogen-bond acceptors (Lipinski definition) is 3. The molecule has 0 aromatic carbocycles. The number of nitrogens with one attached hydrogen (secondary N) is 1. The predicted octanol–water partition coefficient (Wildman–Crippen LogP) is 1.65. The van der Waals surface area contributed by atoms with Gasteiger partial charge in [-0.15, -0.1) is 0 Å². The number of thioether (sulfide) groups is 1. The lowest BCUT2D eigenvalue weighted by atomic mass is 9.85. The molecule has 0 spiro atoms. The van der Waals surface area contributed by atoms with Gasteiger partial charge in [0.1, 0.15) is 11.1 Å². The minimum absolute atomic E-state index is 0.0225. The molecule has 1 N–H and O–H groups in total. The van der Waals surface area contributed by atoms with Crippen molar-refractivity contribution in [2.45, 2.75) is 51.1 Å². The minimum Gasteiger partial charge on any atom is -0.340 e. The fourth-order valence-electron chi connectivity index (χ4n) is 2.78. The molecular weight excluding hydrogens is 260 g/mol. The highest BCUT2D eigenvalue weighted by Gasteiger charge is 2.57. The second kappa shape index (κ2) is 5.00. The summed E-state index contributed by atoms with van der Waals surface area (Å²) in [5.74, 6) is 1.41. The van der Waals surface area contributed by atoms with Crippen LogP contribution >= 0.6 is 11.8 Å². The molecule has 2 amide bonds. The van der Waals surface area contributed by atoms with E-state index in [1.165, 1.54) is 0 Å². The molecule has 5 heteroatoms. The van der Waals surface area contributed by atoms with Gasteiger partial charge in [-0.1, -0.05) is 0 Å². The summed E-state index contributed by atoms with van der Waals surface area (Å²) in [6.45, 7) is 6.24. The average Bonchev–Trinajstić information content (AvgIpc) is 3.16. The Morgan fingerprint density at radius 1 is 1.32 bits per heavy atom. The second-order valence-electron chi connectivity index (χ2n) is 6.29. The topological polar surface area (TPSA) is 49.4 Å². The molecule has 108 valence electrons. The van der Waals surface area contributed by atoms with Crippen LogP contribution in [0.4, 0.5) is 0 Å². The summed E-state index contributed by atoms with van der Waals surface area (Å²) in [6.07, 6.45) is 5.08. The Morgan fingerprint density at radius 2 is 1.95 bits per heavy atom. The lowest BCUT2D eigenvalue weighted by molar-refractivity contribution is -0.161. The van der Waals surface area contributed by atoms with Gasteiger partial charge in [0.25, 0.3) is 0 Å². The Hall–Kier alpha value is -0.710. The van der Waals surface area contributed by atoms with Crippen LogP contribution in [-0.4, -0.2) is 46.3 Å². The first-order chi connectivity index (χ1) is 8.84. The molecule has 1 unspecified atom stereocenters. The molecule has 0 bridgehead atoms. The first-order valence-corrected chi connectivity index (χ1v) is 8.37. The van der Waals surface area contributed by atoms with Crippen LogP contribution < -0.4 is 5.32 Å². The molecule has 19 heavy (non-hydrogen) atoms. The molecule has 1 saturated heterocycles. The zero-order valence-corrected chi connectivity index (χ0v) is 13.1. The van der Waals surface area contributed by atoms with Gasteiger partial charge in [-0.3, -0.25) is 9.59 Å². The fourth-order valence-corrected chi connectivity index (χ4v) is 3.20. The first-order valence-electron chi connectivity index (χ1n) is 6.97. The number of rotatable bonds is 5. The maximum Gasteiger partial charge on any atom is 0.249 e. The van der Waals surface area contributed by atoms with E-state index in [2.05, 4.69) is 11.6 Å². The van der Waals surface area contributed by atoms with Gasteiger partial charge in [0.05, 0.1) is 0 Å². The van der Waals surface area contributed by atoms with Crippen molar-refractivity contribution in [2.75, 3.05) is 18.6 Å². The molecule has 2 rings (SSSR count). The largest absolute Gasteiger partial charge is 0.340 e. The Bertz CT molecular complexity index is 393. The summed E-state index contributed by atoms with van der Waals surface area (Å²) in [5.41, 5.74) is -1.41. The molecule has 2 fully saturated rings. The van der Waals surface area contributed by atoms with E-state index in [4.69, 9.17) is 0 Å². The Kier molecular flexibility index (Phi) is 3.87. The van der Waals surface area contributed by atoms with Crippen molar-refractivity contribution in [3.8, 4) is 0 Å². The molecule has 0 radical (unpaired) electrons. The highest BCUT2D eigenvalue weighted by molar-refractivity contribution is 7.98. The van der Waals surface area contributed by atoms with Crippen molar-refractivity contribution < 1.29 is 9.59 Å². The molecule has 0 aromatic heterocycles. The van der Waals surface area contributed by atoms with E-state index < -0.39 is 11.1 Å². The molecule has 2 aliphatic rings. The fraction of sp³-hybridized carbons (Fsp3) is 0.857. The Morgan fingerprint density at radius 3 is 2.47 bits per heavy atom. The van der Waals surface area contributed by atoms with E-state index in [0.29, 0.717) is 12.5 Å². The van der Waals surface area contributed by atoms with Crippen molar-refractivity contribution in [3.05, 3.63) is 0 Å². The van der Waals surface area contributed by atoms with Gasteiger partial charge in [-0.25, -0.2) is 0 Å². The maximum atomic E-state index is 12.8. The van der Waals surface area contributed by atoms with Gasteiger partial charge < -0.3 is 10.2 Å². The molecule has 1 heterocycles.